The highest BCUT2D eigenvalue weighted by atomic mass is 16.6. The summed E-state index contributed by atoms with van der Waals surface area (Å²) in [6, 6.07) is 5.06. The third-order valence-corrected chi connectivity index (χ3v) is 2.12. The van der Waals surface area contributed by atoms with E-state index in [4.69, 9.17) is 14.2 Å². The molecule has 0 aromatic heterocycles. The van der Waals surface area contributed by atoms with Gasteiger partial charge in [-0.2, -0.15) is 0 Å². The first kappa shape index (κ1) is 10.8. The quantitative estimate of drug-likeness (QED) is 0.718. The summed E-state index contributed by atoms with van der Waals surface area (Å²) in [5, 5.41) is 0. The van der Waals surface area contributed by atoms with Gasteiger partial charge in [-0.3, -0.25) is 0 Å². The van der Waals surface area contributed by atoms with E-state index in [0.29, 0.717) is 30.3 Å². The summed E-state index contributed by atoms with van der Waals surface area (Å²) in [5.74, 6) is 0.934. The SMILES string of the molecule is CC(C)OC(=O)c1ccc2c(c1)OCCO2. The summed E-state index contributed by atoms with van der Waals surface area (Å²) in [4.78, 5) is 11.6. The minimum Gasteiger partial charge on any atom is -0.486 e. The van der Waals surface area contributed by atoms with E-state index in [1.165, 1.54) is 0 Å². The Labute approximate surface area is 94.1 Å². The lowest BCUT2D eigenvalue weighted by molar-refractivity contribution is 0.0377. The Morgan fingerprint density at radius 1 is 1.25 bits per heavy atom. The van der Waals surface area contributed by atoms with Gasteiger partial charge in [0.15, 0.2) is 11.5 Å². The second-order valence-electron chi connectivity index (χ2n) is 3.81. The minimum atomic E-state index is -0.341. The second kappa shape index (κ2) is 4.43. The Hall–Kier alpha value is -1.71. The van der Waals surface area contributed by atoms with Crippen LogP contribution in [0.1, 0.15) is 24.2 Å². The van der Waals surface area contributed by atoms with Crippen LogP contribution in [0.5, 0.6) is 11.5 Å². The first-order valence-corrected chi connectivity index (χ1v) is 5.27. The molecule has 4 nitrogen and oxygen atoms in total. The molecule has 2 rings (SSSR count). The van der Waals surface area contributed by atoms with E-state index >= 15 is 0 Å². The number of benzene rings is 1. The monoisotopic (exact) mass is 222 g/mol. The average Bonchev–Trinajstić information content (AvgIpc) is 2.27. The third kappa shape index (κ3) is 2.27. The first-order valence-electron chi connectivity index (χ1n) is 5.27. The van der Waals surface area contributed by atoms with Crippen molar-refractivity contribution in [2.24, 2.45) is 0 Å². The number of rotatable bonds is 2. The predicted molar refractivity (Wildman–Crippen MR) is 58.0 cm³/mol. The van der Waals surface area contributed by atoms with Gasteiger partial charge in [0.25, 0.3) is 0 Å². The fourth-order valence-electron chi connectivity index (χ4n) is 1.45. The molecule has 86 valence electrons. The standard InChI is InChI=1S/C12H14O4/c1-8(2)16-12(13)9-3-4-10-11(7-9)15-6-5-14-10/h3-4,7-8H,5-6H2,1-2H3. The van der Waals surface area contributed by atoms with Crippen molar-refractivity contribution >= 4 is 5.97 Å². The Bertz CT molecular complexity index is 398. The van der Waals surface area contributed by atoms with Crippen molar-refractivity contribution < 1.29 is 19.0 Å². The molecule has 0 aliphatic carbocycles. The zero-order valence-corrected chi connectivity index (χ0v) is 9.36. The van der Waals surface area contributed by atoms with Gasteiger partial charge in [-0.1, -0.05) is 0 Å². The van der Waals surface area contributed by atoms with Crippen LogP contribution >= 0.6 is 0 Å². The molecule has 4 heteroatoms. The van der Waals surface area contributed by atoms with E-state index in [0.717, 1.165) is 0 Å². The fraction of sp³-hybridized carbons (Fsp3) is 0.417. The Morgan fingerprint density at radius 2 is 1.94 bits per heavy atom. The Morgan fingerprint density at radius 3 is 2.62 bits per heavy atom. The number of hydrogen-bond acceptors (Lipinski definition) is 4. The molecule has 0 saturated carbocycles. The van der Waals surface area contributed by atoms with Gasteiger partial charge in [-0.25, -0.2) is 4.79 Å². The summed E-state index contributed by atoms with van der Waals surface area (Å²) in [6.07, 6.45) is -0.124. The maximum absolute atomic E-state index is 11.6. The molecular formula is C12H14O4. The van der Waals surface area contributed by atoms with Crippen LogP contribution in [0.4, 0.5) is 0 Å². The van der Waals surface area contributed by atoms with Gasteiger partial charge in [-0.05, 0) is 32.0 Å². The minimum absolute atomic E-state index is 0.124. The van der Waals surface area contributed by atoms with Crippen LogP contribution < -0.4 is 9.47 Å². The summed E-state index contributed by atoms with van der Waals surface area (Å²) >= 11 is 0. The van der Waals surface area contributed by atoms with Crippen LogP contribution in [0.3, 0.4) is 0 Å². The Balaban J connectivity index is 2.19. The van der Waals surface area contributed by atoms with Gasteiger partial charge < -0.3 is 14.2 Å². The maximum atomic E-state index is 11.6. The number of fused-ring (bicyclic) bond motifs is 1. The van der Waals surface area contributed by atoms with Crippen molar-refractivity contribution in [1.82, 2.24) is 0 Å². The van der Waals surface area contributed by atoms with E-state index in [1.807, 2.05) is 13.8 Å². The highest BCUT2D eigenvalue weighted by Gasteiger charge is 2.16. The number of esters is 1. The molecule has 0 saturated heterocycles. The lowest BCUT2D eigenvalue weighted by Crippen LogP contribution is -2.16. The van der Waals surface area contributed by atoms with E-state index in [9.17, 15) is 4.79 Å². The second-order valence-corrected chi connectivity index (χ2v) is 3.81. The van der Waals surface area contributed by atoms with E-state index in [1.54, 1.807) is 18.2 Å². The van der Waals surface area contributed by atoms with Crippen LogP contribution in [0.25, 0.3) is 0 Å². The summed E-state index contributed by atoms with van der Waals surface area (Å²) < 4.78 is 15.8. The van der Waals surface area contributed by atoms with Crippen LogP contribution in [0, 0.1) is 0 Å². The molecule has 1 aliphatic rings. The van der Waals surface area contributed by atoms with Gasteiger partial charge in [0.1, 0.15) is 13.2 Å². The smallest absolute Gasteiger partial charge is 0.338 e. The first-order chi connectivity index (χ1) is 7.66. The molecule has 1 aromatic carbocycles. The van der Waals surface area contributed by atoms with Crippen LogP contribution in [0.2, 0.25) is 0 Å². The van der Waals surface area contributed by atoms with Gasteiger partial charge in [0, 0.05) is 0 Å². The zero-order chi connectivity index (χ0) is 11.5. The maximum Gasteiger partial charge on any atom is 0.338 e. The third-order valence-electron chi connectivity index (χ3n) is 2.12. The van der Waals surface area contributed by atoms with Crippen molar-refractivity contribution in [2.45, 2.75) is 20.0 Å². The largest absolute Gasteiger partial charge is 0.486 e. The van der Waals surface area contributed by atoms with Crippen molar-refractivity contribution in [1.29, 1.82) is 0 Å². The number of ether oxygens (including phenoxy) is 3. The highest BCUT2D eigenvalue weighted by molar-refractivity contribution is 5.90. The number of carbonyl (C=O) groups is 1. The molecule has 0 amide bonds. The van der Waals surface area contributed by atoms with E-state index in [2.05, 4.69) is 0 Å². The molecule has 0 bridgehead atoms. The average molecular weight is 222 g/mol. The van der Waals surface area contributed by atoms with Gasteiger partial charge in [-0.15, -0.1) is 0 Å². The lowest BCUT2D eigenvalue weighted by atomic mass is 10.2. The summed E-state index contributed by atoms with van der Waals surface area (Å²) in [7, 11) is 0. The lowest BCUT2D eigenvalue weighted by Gasteiger charge is -2.18. The van der Waals surface area contributed by atoms with Gasteiger partial charge >= 0.3 is 5.97 Å². The molecule has 0 spiro atoms. The van der Waals surface area contributed by atoms with Crippen molar-refractivity contribution in [2.75, 3.05) is 13.2 Å². The predicted octanol–water partition coefficient (Wildman–Crippen LogP) is 2.02. The molecule has 0 radical (unpaired) electrons. The molecule has 0 unspecified atom stereocenters. The molecule has 1 aromatic rings. The topological polar surface area (TPSA) is 44.8 Å². The number of carbonyl (C=O) groups excluding carboxylic acids is 1. The summed E-state index contributed by atoms with van der Waals surface area (Å²) in [6.45, 7) is 4.68. The molecule has 16 heavy (non-hydrogen) atoms. The highest BCUT2D eigenvalue weighted by Crippen LogP contribution is 2.30. The Kier molecular flexibility index (Phi) is 2.99. The molecule has 1 heterocycles. The zero-order valence-electron chi connectivity index (χ0n) is 9.36. The van der Waals surface area contributed by atoms with Crippen LogP contribution in [-0.2, 0) is 4.74 Å². The molecule has 1 aliphatic heterocycles. The molecule has 0 fully saturated rings. The van der Waals surface area contributed by atoms with Gasteiger partial charge in [0.2, 0.25) is 0 Å². The molecular weight excluding hydrogens is 208 g/mol. The van der Waals surface area contributed by atoms with E-state index in [-0.39, 0.29) is 12.1 Å². The van der Waals surface area contributed by atoms with Crippen LogP contribution in [0.15, 0.2) is 18.2 Å². The van der Waals surface area contributed by atoms with E-state index < -0.39 is 0 Å². The van der Waals surface area contributed by atoms with Crippen molar-refractivity contribution in [3.8, 4) is 11.5 Å². The fourth-order valence-corrected chi connectivity index (χ4v) is 1.45. The van der Waals surface area contributed by atoms with Crippen LogP contribution in [-0.4, -0.2) is 25.3 Å². The summed E-state index contributed by atoms with van der Waals surface area (Å²) in [5.41, 5.74) is 0.484. The molecule has 0 N–H and O–H groups in total. The van der Waals surface area contributed by atoms with Gasteiger partial charge in [0.05, 0.1) is 11.7 Å². The molecule has 0 atom stereocenters. The normalized spacial score (nSPS) is 13.7. The van der Waals surface area contributed by atoms with Crippen molar-refractivity contribution in [3.05, 3.63) is 23.8 Å². The number of hydrogen-bond donors (Lipinski definition) is 0. The van der Waals surface area contributed by atoms with Crippen molar-refractivity contribution in [3.63, 3.8) is 0 Å².